The Kier molecular flexibility index (Phi) is 6.59. The van der Waals surface area contributed by atoms with Crippen molar-refractivity contribution in [2.75, 3.05) is 37.7 Å². The number of hydrogen-bond donors (Lipinski definition) is 0. The van der Waals surface area contributed by atoms with E-state index in [1.807, 2.05) is 43.3 Å². The molecule has 160 valence electrons. The Bertz CT molecular complexity index is 1030. The van der Waals surface area contributed by atoms with Crippen LogP contribution in [0.3, 0.4) is 0 Å². The number of halogens is 2. The van der Waals surface area contributed by atoms with Crippen LogP contribution in [0.4, 0.5) is 5.82 Å². The predicted octanol–water partition coefficient (Wildman–Crippen LogP) is 4.81. The van der Waals surface area contributed by atoms with Gasteiger partial charge in [0.05, 0.1) is 12.3 Å². The summed E-state index contributed by atoms with van der Waals surface area (Å²) in [5.41, 5.74) is 2.29. The Morgan fingerprint density at radius 3 is 2.19 bits per heavy atom. The molecule has 0 atom stereocenters. The third-order valence-corrected chi connectivity index (χ3v) is 5.55. The largest absolute Gasteiger partial charge is 0.494 e. The molecule has 6 nitrogen and oxygen atoms in total. The fraction of sp³-hybridized carbons (Fsp3) is 0.261. The zero-order chi connectivity index (χ0) is 21.8. The van der Waals surface area contributed by atoms with E-state index in [2.05, 4.69) is 15.1 Å². The van der Waals surface area contributed by atoms with Gasteiger partial charge in [-0.05, 0) is 61.5 Å². The summed E-state index contributed by atoms with van der Waals surface area (Å²) in [5, 5.41) is 9.69. The molecule has 0 radical (unpaired) electrons. The summed E-state index contributed by atoms with van der Waals surface area (Å²) in [7, 11) is 0. The second-order valence-electron chi connectivity index (χ2n) is 7.17. The van der Waals surface area contributed by atoms with Gasteiger partial charge in [-0.15, -0.1) is 10.2 Å². The maximum Gasteiger partial charge on any atom is 0.254 e. The van der Waals surface area contributed by atoms with Crippen molar-refractivity contribution in [1.82, 2.24) is 15.1 Å². The molecule has 0 saturated carbocycles. The maximum atomic E-state index is 12.8. The zero-order valence-corrected chi connectivity index (χ0v) is 18.6. The lowest BCUT2D eigenvalue weighted by atomic mass is 10.1. The van der Waals surface area contributed by atoms with Gasteiger partial charge >= 0.3 is 0 Å². The molecular weight excluding hydrogens is 435 g/mol. The lowest BCUT2D eigenvalue weighted by Gasteiger charge is -2.35. The molecule has 1 amide bonds. The van der Waals surface area contributed by atoms with E-state index in [1.165, 1.54) is 0 Å². The molecule has 0 N–H and O–H groups in total. The first-order valence-electron chi connectivity index (χ1n) is 10.1. The normalized spacial score (nSPS) is 13.9. The third kappa shape index (κ3) is 5.09. The summed E-state index contributed by atoms with van der Waals surface area (Å²) >= 11 is 12.1. The van der Waals surface area contributed by atoms with Gasteiger partial charge in [-0.2, -0.15) is 0 Å². The summed E-state index contributed by atoms with van der Waals surface area (Å²) < 4.78 is 5.48. The number of carbonyl (C=O) groups excluding carboxylic acids is 1. The van der Waals surface area contributed by atoms with Gasteiger partial charge in [-0.3, -0.25) is 4.79 Å². The molecule has 0 spiro atoms. The van der Waals surface area contributed by atoms with Crippen LogP contribution in [-0.4, -0.2) is 53.8 Å². The molecule has 4 rings (SSSR count). The molecule has 2 heterocycles. The molecule has 1 aromatic heterocycles. The van der Waals surface area contributed by atoms with Crippen LogP contribution >= 0.6 is 23.2 Å². The summed E-state index contributed by atoms with van der Waals surface area (Å²) in [6, 6.07) is 16.6. The Morgan fingerprint density at radius 1 is 0.935 bits per heavy atom. The Balaban J connectivity index is 1.38. The molecule has 31 heavy (non-hydrogen) atoms. The van der Waals surface area contributed by atoms with E-state index in [-0.39, 0.29) is 5.91 Å². The minimum atomic E-state index is -0.0685. The number of nitrogens with zero attached hydrogens (tertiary/aromatic N) is 4. The lowest BCUT2D eigenvalue weighted by Crippen LogP contribution is -2.49. The number of aromatic nitrogens is 2. The van der Waals surface area contributed by atoms with Crippen LogP contribution in [0.25, 0.3) is 11.3 Å². The topological polar surface area (TPSA) is 58.6 Å². The number of amides is 1. The number of hydrogen-bond acceptors (Lipinski definition) is 5. The van der Waals surface area contributed by atoms with Crippen LogP contribution in [0, 0.1) is 0 Å². The quantitative estimate of drug-likeness (QED) is 0.551. The van der Waals surface area contributed by atoms with Crippen molar-refractivity contribution in [1.29, 1.82) is 0 Å². The summed E-state index contributed by atoms with van der Waals surface area (Å²) in [5.74, 6) is 1.57. The van der Waals surface area contributed by atoms with Gasteiger partial charge < -0.3 is 14.5 Å². The highest BCUT2D eigenvalue weighted by Crippen LogP contribution is 2.23. The van der Waals surface area contributed by atoms with E-state index < -0.39 is 0 Å². The van der Waals surface area contributed by atoms with Crippen molar-refractivity contribution in [2.24, 2.45) is 0 Å². The van der Waals surface area contributed by atoms with Crippen LogP contribution in [0.5, 0.6) is 5.75 Å². The van der Waals surface area contributed by atoms with Crippen LogP contribution in [0.1, 0.15) is 17.3 Å². The van der Waals surface area contributed by atoms with Crippen molar-refractivity contribution < 1.29 is 9.53 Å². The van der Waals surface area contributed by atoms with Crippen molar-refractivity contribution in [2.45, 2.75) is 6.92 Å². The van der Waals surface area contributed by atoms with Gasteiger partial charge in [0.2, 0.25) is 0 Å². The smallest absolute Gasteiger partial charge is 0.254 e. The Morgan fingerprint density at radius 2 is 1.61 bits per heavy atom. The standard InChI is InChI=1S/C23H22Cl2N4O2/c1-2-31-20-5-3-16(4-6-20)21-7-8-22(27-26-21)28-9-11-29(12-10-28)23(30)17-13-18(24)15-19(25)14-17/h3-8,13-15H,2,9-12H2,1H3. The highest BCUT2D eigenvalue weighted by Gasteiger charge is 2.23. The van der Waals surface area contributed by atoms with E-state index in [4.69, 9.17) is 27.9 Å². The van der Waals surface area contributed by atoms with E-state index >= 15 is 0 Å². The van der Waals surface area contributed by atoms with Gasteiger partial charge in [-0.25, -0.2) is 0 Å². The van der Waals surface area contributed by atoms with E-state index in [1.54, 1.807) is 23.1 Å². The molecule has 2 aromatic carbocycles. The van der Waals surface area contributed by atoms with Crippen LogP contribution in [-0.2, 0) is 0 Å². The molecule has 8 heteroatoms. The van der Waals surface area contributed by atoms with Crippen molar-refractivity contribution >= 4 is 34.9 Å². The molecule has 1 fully saturated rings. The first kappa shape index (κ1) is 21.4. The van der Waals surface area contributed by atoms with Crippen LogP contribution < -0.4 is 9.64 Å². The van der Waals surface area contributed by atoms with E-state index in [0.717, 1.165) is 22.8 Å². The molecule has 1 aliphatic rings. The van der Waals surface area contributed by atoms with Crippen molar-refractivity contribution in [3.63, 3.8) is 0 Å². The second kappa shape index (κ2) is 9.54. The zero-order valence-electron chi connectivity index (χ0n) is 17.1. The lowest BCUT2D eigenvalue weighted by molar-refractivity contribution is 0.0746. The number of piperazine rings is 1. The van der Waals surface area contributed by atoms with Crippen LogP contribution in [0.2, 0.25) is 10.0 Å². The molecule has 0 aliphatic carbocycles. The molecule has 0 bridgehead atoms. The first-order valence-corrected chi connectivity index (χ1v) is 10.9. The van der Waals surface area contributed by atoms with Gasteiger partial charge in [0.25, 0.3) is 5.91 Å². The summed E-state index contributed by atoms with van der Waals surface area (Å²) in [4.78, 5) is 16.7. The monoisotopic (exact) mass is 456 g/mol. The van der Waals surface area contributed by atoms with Gasteiger partial charge in [0.15, 0.2) is 5.82 Å². The second-order valence-corrected chi connectivity index (χ2v) is 8.04. The minimum absolute atomic E-state index is 0.0685. The Hall–Kier alpha value is -2.83. The highest BCUT2D eigenvalue weighted by molar-refractivity contribution is 6.35. The van der Waals surface area contributed by atoms with Gasteiger partial charge in [0, 0.05) is 47.4 Å². The average molecular weight is 457 g/mol. The number of ether oxygens (including phenoxy) is 1. The summed E-state index contributed by atoms with van der Waals surface area (Å²) in [6.45, 7) is 5.13. The van der Waals surface area contributed by atoms with Crippen molar-refractivity contribution in [3.8, 4) is 17.0 Å². The minimum Gasteiger partial charge on any atom is -0.494 e. The van der Waals surface area contributed by atoms with Gasteiger partial charge in [-0.1, -0.05) is 23.2 Å². The van der Waals surface area contributed by atoms with Crippen molar-refractivity contribution in [3.05, 3.63) is 70.2 Å². The molecular formula is C23H22Cl2N4O2. The number of anilines is 1. The fourth-order valence-corrected chi connectivity index (χ4v) is 4.06. The molecule has 0 unspecified atom stereocenters. The average Bonchev–Trinajstić information content (AvgIpc) is 2.79. The van der Waals surface area contributed by atoms with E-state index in [9.17, 15) is 4.79 Å². The third-order valence-electron chi connectivity index (χ3n) is 5.11. The SMILES string of the molecule is CCOc1ccc(-c2ccc(N3CCN(C(=O)c4cc(Cl)cc(Cl)c4)CC3)nn2)cc1. The number of carbonyl (C=O) groups is 1. The maximum absolute atomic E-state index is 12.8. The first-order chi connectivity index (χ1) is 15.0. The predicted molar refractivity (Wildman–Crippen MR) is 123 cm³/mol. The fourth-order valence-electron chi connectivity index (χ4n) is 3.53. The van der Waals surface area contributed by atoms with Crippen LogP contribution in [0.15, 0.2) is 54.6 Å². The number of rotatable bonds is 5. The highest BCUT2D eigenvalue weighted by atomic mass is 35.5. The van der Waals surface area contributed by atoms with E-state index in [0.29, 0.717) is 48.4 Å². The van der Waals surface area contributed by atoms with Gasteiger partial charge in [0.1, 0.15) is 5.75 Å². The Labute approximate surface area is 191 Å². The number of benzene rings is 2. The molecule has 1 aliphatic heterocycles. The summed E-state index contributed by atoms with van der Waals surface area (Å²) in [6.07, 6.45) is 0. The molecule has 3 aromatic rings. The molecule has 1 saturated heterocycles.